The number of rotatable bonds is 3. The van der Waals surface area contributed by atoms with Crippen LogP contribution in [0.15, 0.2) is 5.38 Å². The van der Waals surface area contributed by atoms with Crippen molar-refractivity contribution in [2.75, 3.05) is 12.4 Å². The highest BCUT2D eigenvalue weighted by Crippen LogP contribution is 2.32. The van der Waals surface area contributed by atoms with Crippen molar-refractivity contribution < 1.29 is 0 Å². The number of hydrogen-bond acceptors (Lipinski definition) is 5. The van der Waals surface area contributed by atoms with Crippen molar-refractivity contribution in [3.05, 3.63) is 16.1 Å². The van der Waals surface area contributed by atoms with Crippen LogP contribution in [0.4, 0.5) is 5.13 Å². The number of anilines is 1. The van der Waals surface area contributed by atoms with E-state index in [4.69, 9.17) is 0 Å². The number of thiazole rings is 2. The van der Waals surface area contributed by atoms with Gasteiger partial charge in [0.2, 0.25) is 0 Å². The third-order valence-corrected chi connectivity index (χ3v) is 4.28. The highest BCUT2D eigenvalue weighted by atomic mass is 32.1. The van der Waals surface area contributed by atoms with Crippen LogP contribution in [0.2, 0.25) is 0 Å². The molecule has 0 radical (unpaired) electrons. The second-order valence-electron chi connectivity index (χ2n) is 3.16. The quantitative estimate of drug-likeness (QED) is 0.894. The van der Waals surface area contributed by atoms with E-state index in [9.17, 15) is 0 Å². The minimum Gasteiger partial charge on any atom is -0.365 e. The summed E-state index contributed by atoms with van der Waals surface area (Å²) in [5.74, 6) is 0. The third-order valence-electron chi connectivity index (χ3n) is 2.09. The Bertz CT molecular complexity index is 459. The third kappa shape index (κ3) is 2.03. The molecular weight excluding hydrogens is 226 g/mol. The fraction of sp³-hybridized carbons (Fsp3) is 0.400. The molecule has 0 aliphatic rings. The largest absolute Gasteiger partial charge is 0.365 e. The summed E-state index contributed by atoms with van der Waals surface area (Å²) in [6.45, 7) is 4.17. The zero-order valence-electron chi connectivity index (χ0n) is 9.00. The van der Waals surface area contributed by atoms with Crippen molar-refractivity contribution in [3.63, 3.8) is 0 Å². The molecule has 0 amide bonds. The molecule has 2 aromatic rings. The molecule has 0 aromatic carbocycles. The zero-order valence-corrected chi connectivity index (χ0v) is 10.6. The molecule has 3 nitrogen and oxygen atoms in total. The first-order valence-electron chi connectivity index (χ1n) is 4.84. The molecule has 0 fully saturated rings. The minimum absolute atomic E-state index is 0.954. The fourth-order valence-corrected chi connectivity index (χ4v) is 3.04. The standard InChI is InChI=1S/C10H13N3S2/c1-4-8-12-6(2)9(15-8)7-5-14-10(11-3)13-7/h5H,4H2,1-3H3,(H,11,13). The van der Waals surface area contributed by atoms with Crippen LogP contribution in [-0.4, -0.2) is 17.0 Å². The predicted octanol–water partition coefficient (Wildman–Crippen LogP) is 3.18. The topological polar surface area (TPSA) is 37.8 Å². The Kier molecular flexibility index (Phi) is 3.02. The van der Waals surface area contributed by atoms with Gasteiger partial charge in [-0.05, 0) is 13.3 Å². The van der Waals surface area contributed by atoms with Crippen LogP contribution in [0.3, 0.4) is 0 Å². The lowest BCUT2D eigenvalue weighted by Crippen LogP contribution is -1.85. The van der Waals surface area contributed by atoms with Gasteiger partial charge in [0.1, 0.15) is 0 Å². The first kappa shape index (κ1) is 10.6. The van der Waals surface area contributed by atoms with E-state index in [1.165, 1.54) is 9.88 Å². The van der Waals surface area contributed by atoms with Crippen LogP contribution >= 0.6 is 22.7 Å². The number of aryl methyl sites for hydroxylation is 2. The summed E-state index contributed by atoms with van der Waals surface area (Å²) in [6.07, 6.45) is 0.995. The van der Waals surface area contributed by atoms with E-state index in [1.807, 2.05) is 14.0 Å². The van der Waals surface area contributed by atoms with E-state index in [1.54, 1.807) is 22.7 Å². The summed E-state index contributed by atoms with van der Waals surface area (Å²) in [6, 6.07) is 0. The summed E-state index contributed by atoms with van der Waals surface area (Å²) in [7, 11) is 1.89. The van der Waals surface area contributed by atoms with Gasteiger partial charge in [0.05, 0.1) is 21.3 Å². The lowest BCUT2D eigenvalue weighted by Gasteiger charge is -1.91. The summed E-state index contributed by atoms with van der Waals surface area (Å²) in [4.78, 5) is 10.2. The van der Waals surface area contributed by atoms with Gasteiger partial charge in [-0.25, -0.2) is 9.97 Å². The zero-order chi connectivity index (χ0) is 10.8. The Hall–Kier alpha value is -0.940. The number of hydrogen-bond donors (Lipinski definition) is 1. The van der Waals surface area contributed by atoms with E-state index in [0.29, 0.717) is 0 Å². The van der Waals surface area contributed by atoms with Gasteiger partial charge < -0.3 is 5.32 Å². The second-order valence-corrected chi connectivity index (χ2v) is 5.11. The molecule has 2 rings (SSSR count). The molecule has 0 aliphatic heterocycles. The average molecular weight is 239 g/mol. The first-order valence-corrected chi connectivity index (χ1v) is 6.54. The maximum atomic E-state index is 4.50. The van der Waals surface area contributed by atoms with Gasteiger partial charge in [-0.2, -0.15) is 0 Å². The molecule has 2 aromatic heterocycles. The van der Waals surface area contributed by atoms with Gasteiger partial charge in [0.25, 0.3) is 0 Å². The van der Waals surface area contributed by atoms with Crippen molar-refractivity contribution in [2.24, 2.45) is 0 Å². The van der Waals surface area contributed by atoms with Crippen molar-refractivity contribution >= 4 is 27.8 Å². The van der Waals surface area contributed by atoms with Gasteiger partial charge in [-0.15, -0.1) is 22.7 Å². The normalized spacial score (nSPS) is 10.6. The Labute approximate surface area is 97.2 Å². The van der Waals surface area contributed by atoms with Crippen molar-refractivity contribution in [1.82, 2.24) is 9.97 Å². The summed E-state index contributed by atoms with van der Waals surface area (Å²) in [5.41, 5.74) is 2.13. The smallest absolute Gasteiger partial charge is 0.182 e. The van der Waals surface area contributed by atoms with Crippen LogP contribution in [0, 0.1) is 6.92 Å². The molecule has 0 unspecified atom stereocenters. The summed E-state index contributed by atoms with van der Waals surface area (Å²) >= 11 is 3.37. The lowest BCUT2D eigenvalue weighted by molar-refractivity contribution is 1.07. The molecule has 0 saturated heterocycles. The van der Waals surface area contributed by atoms with Crippen molar-refractivity contribution in [2.45, 2.75) is 20.3 Å². The van der Waals surface area contributed by atoms with Gasteiger partial charge in [0.15, 0.2) is 5.13 Å². The molecular formula is C10H13N3S2. The van der Waals surface area contributed by atoms with Crippen LogP contribution in [0.25, 0.3) is 10.6 Å². The van der Waals surface area contributed by atoms with E-state index in [2.05, 4.69) is 27.6 Å². The molecule has 80 valence electrons. The van der Waals surface area contributed by atoms with Gasteiger partial charge >= 0.3 is 0 Å². The van der Waals surface area contributed by atoms with Gasteiger partial charge in [-0.3, -0.25) is 0 Å². The molecule has 0 aliphatic carbocycles. The van der Waals surface area contributed by atoms with E-state index >= 15 is 0 Å². The molecule has 0 atom stereocenters. The highest BCUT2D eigenvalue weighted by Gasteiger charge is 2.11. The molecule has 0 bridgehead atoms. The van der Waals surface area contributed by atoms with Crippen molar-refractivity contribution in [1.29, 1.82) is 0 Å². The Morgan fingerprint density at radius 3 is 2.73 bits per heavy atom. The van der Waals surface area contributed by atoms with Crippen LogP contribution < -0.4 is 5.32 Å². The van der Waals surface area contributed by atoms with Crippen molar-refractivity contribution in [3.8, 4) is 10.6 Å². The summed E-state index contributed by atoms with van der Waals surface area (Å²) in [5, 5.41) is 7.26. The van der Waals surface area contributed by atoms with Crippen LogP contribution in [-0.2, 0) is 6.42 Å². The SMILES string of the molecule is CCc1nc(C)c(-c2csc(NC)n2)s1. The molecule has 0 saturated carbocycles. The summed E-state index contributed by atoms with van der Waals surface area (Å²) < 4.78 is 0. The molecule has 0 spiro atoms. The number of aromatic nitrogens is 2. The minimum atomic E-state index is 0.954. The molecule has 1 N–H and O–H groups in total. The first-order chi connectivity index (χ1) is 7.24. The maximum absolute atomic E-state index is 4.50. The Balaban J connectivity index is 2.39. The fourth-order valence-electron chi connectivity index (χ4n) is 1.33. The van der Waals surface area contributed by atoms with Gasteiger partial charge in [0, 0.05) is 12.4 Å². The average Bonchev–Trinajstić information content (AvgIpc) is 2.83. The number of nitrogens with one attached hydrogen (secondary N) is 1. The maximum Gasteiger partial charge on any atom is 0.182 e. The monoisotopic (exact) mass is 239 g/mol. The highest BCUT2D eigenvalue weighted by molar-refractivity contribution is 7.16. The molecule has 5 heteroatoms. The number of nitrogens with zero attached hydrogens (tertiary/aromatic N) is 2. The van der Waals surface area contributed by atoms with E-state index in [-0.39, 0.29) is 0 Å². The van der Waals surface area contributed by atoms with Crippen LogP contribution in [0.1, 0.15) is 17.6 Å². The lowest BCUT2D eigenvalue weighted by atomic mass is 10.3. The Morgan fingerprint density at radius 1 is 1.40 bits per heavy atom. The van der Waals surface area contributed by atoms with E-state index < -0.39 is 0 Å². The van der Waals surface area contributed by atoms with Crippen LogP contribution in [0.5, 0.6) is 0 Å². The Morgan fingerprint density at radius 2 is 2.20 bits per heavy atom. The predicted molar refractivity (Wildman–Crippen MR) is 66.9 cm³/mol. The van der Waals surface area contributed by atoms with E-state index in [0.717, 1.165) is 22.9 Å². The van der Waals surface area contributed by atoms with Gasteiger partial charge in [-0.1, -0.05) is 6.92 Å². The molecule has 15 heavy (non-hydrogen) atoms. The second kappa shape index (κ2) is 4.28. The molecule has 2 heterocycles.